The van der Waals surface area contributed by atoms with Crippen LogP contribution in [0.25, 0.3) is 10.1 Å². The maximum atomic E-state index is 8.76. The molecule has 0 amide bonds. The fourth-order valence-electron chi connectivity index (χ4n) is 1.73. The molecule has 1 heterocycles. The van der Waals surface area contributed by atoms with Gasteiger partial charge < -0.3 is 15.6 Å². The lowest BCUT2D eigenvalue weighted by Gasteiger charge is -2.14. The molecular formula is C12H15NO2S. The van der Waals surface area contributed by atoms with Gasteiger partial charge in [-0.15, -0.1) is 11.3 Å². The Balaban J connectivity index is 2.30. The molecule has 0 aliphatic carbocycles. The number of hydrogen-bond donors (Lipinski definition) is 2. The van der Waals surface area contributed by atoms with Crippen molar-refractivity contribution < 1.29 is 9.84 Å². The summed E-state index contributed by atoms with van der Waals surface area (Å²) in [6, 6.07) is 8.20. The highest BCUT2D eigenvalue weighted by Crippen LogP contribution is 2.31. The third kappa shape index (κ3) is 2.25. The van der Waals surface area contributed by atoms with E-state index in [1.54, 1.807) is 11.3 Å². The summed E-state index contributed by atoms with van der Waals surface area (Å²) in [5.74, 6) is 0. The number of fused-ring (bicyclic) bond motifs is 1. The molecule has 1 aromatic carbocycles. The first-order valence-electron chi connectivity index (χ1n) is 5.25. The lowest BCUT2D eigenvalue weighted by molar-refractivity contribution is 0.0338. The van der Waals surface area contributed by atoms with Gasteiger partial charge in [0.2, 0.25) is 0 Å². The third-order valence-corrected chi connectivity index (χ3v) is 3.46. The molecule has 2 rings (SSSR count). The van der Waals surface area contributed by atoms with E-state index < -0.39 is 0 Å². The Labute approximate surface area is 98.5 Å². The zero-order valence-corrected chi connectivity index (χ0v) is 9.74. The van der Waals surface area contributed by atoms with Crippen LogP contribution >= 0.6 is 11.3 Å². The molecular weight excluding hydrogens is 222 g/mol. The molecule has 0 fully saturated rings. The highest BCUT2D eigenvalue weighted by molar-refractivity contribution is 7.17. The molecule has 2 aromatic rings. The quantitative estimate of drug-likeness (QED) is 0.835. The third-order valence-electron chi connectivity index (χ3n) is 2.48. The topological polar surface area (TPSA) is 55.5 Å². The molecule has 0 saturated heterocycles. The van der Waals surface area contributed by atoms with Crippen LogP contribution in [0.3, 0.4) is 0 Å². The Morgan fingerprint density at radius 1 is 1.38 bits per heavy atom. The second kappa shape index (κ2) is 5.41. The molecule has 0 aliphatic heterocycles. The van der Waals surface area contributed by atoms with E-state index in [1.165, 1.54) is 10.1 Å². The molecule has 0 aliphatic rings. The molecule has 3 nitrogen and oxygen atoms in total. The van der Waals surface area contributed by atoms with Crippen molar-refractivity contribution in [2.75, 3.05) is 19.8 Å². The van der Waals surface area contributed by atoms with E-state index in [4.69, 9.17) is 15.6 Å². The molecule has 16 heavy (non-hydrogen) atoms. The second-order valence-electron chi connectivity index (χ2n) is 3.51. The zero-order valence-electron chi connectivity index (χ0n) is 8.93. The minimum atomic E-state index is -0.122. The first-order chi connectivity index (χ1) is 7.86. The van der Waals surface area contributed by atoms with E-state index in [-0.39, 0.29) is 12.7 Å². The van der Waals surface area contributed by atoms with Gasteiger partial charge in [-0.1, -0.05) is 18.2 Å². The van der Waals surface area contributed by atoms with E-state index in [0.717, 1.165) is 5.56 Å². The molecule has 86 valence electrons. The lowest BCUT2D eigenvalue weighted by atomic mass is 10.1. The number of ether oxygens (including phenoxy) is 1. The van der Waals surface area contributed by atoms with Crippen LogP contribution in [0.2, 0.25) is 0 Å². The van der Waals surface area contributed by atoms with Gasteiger partial charge in [-0.2, -0.15) is 0 Å². The number of thiophene rings is 1. The molecule has 1 aromatic heterocycles. The fraction of sp³-hybridized carbons (Fsp3) is 0.333. The van der Waals surface area contributed by atoms with Crippen LogP contribution in [0.15, 0.2) is 29.6 Å². The van der Waals surface area contributed by atoms with Crippen LogP contribution in [-0.2, 0) is 4.74 Å². The Kier molecular flexibility index (Phi) is 3.90. The van der Waals surface area contributed by atoms with E-state index in [9.17, 15) is 0 Å². The van der Waals surface area contributed by atoms with Gasteiger partial charge in [0.15, 0.2) is 0 Å². The Morgan fingerprint density at radius 2 is 2.19 bits per heavy atom. The summed E-state index contributed by atoms with van der Waals surface area (Å²) in [6.07, 6.45) is -0.122. The molecule has 0 spiro atoms. The summed E-state index contributed by atoms with van der Waals surface area (Å²) >= 11 is 1.69. The SMILES string of the molecule is NCC(OCCO)c1csc2ccccc12. The summed E-state index contributed by atoms with van der Waals surface area (Å²) in [4.78, 5) is 0. The monoisotopic (exact) mass is 237 g/mol. The van der Waals surface area contributed by atoms with E-state index >= 15 is 0 Å². The van der Waals surface area contributed by atoms with Gasteiger partial charge in [-0.25, -0.2) is 0 Å². The Bertz CT molecular complexity index is 455. The lowest BCUT2D eigenvalue weighted by Crippen LogP contribution is -2.17. The maximum Gasteiger partial charge on any atom is 0.0962 e. The second-order valence-corrected chi connectivity index (χ2v) is 4.42. The number of nitrogens with two attached hydrogens (primary N) is 1. The summed E-state index contributed by atoms with van der Waals surface area (Å²) in [7, 11) is 0. The molecule has 0 bridgehead atoms. The number of benzene rings is 1. The van der Waals surface area contributed by atoms with Crippen molar-refractivity contribution in [2.45, 2.75) is 6.10 Å². The predicted molar refractivity (Wildman–Crippen MR) is 66.7 cm³/mol. The zero-order chi connectivity index (χ0) is 11.4. The highest BCUT2D eigenvalue weighted by Gasteiger charge is 2.14. The fourth-order valence-corrected chi connectivity index (χ4v) is 2.73. The molecule has 4 heteroatoms. The number of aliphatic hydroxyl groups excluding tert-OH is 1. The van der Waals surface area contributed by atoms with E-state index in [0.29, 0.717) is 13.2 Å². The average molecular weight is 237 g/mol. The summed E-state index contributed by atoms with van der Waals surface area (Å²) < 4.78 is 6.76. The number of hydrogen-bond acceptors (Lipinski definition) is 4. The minimum absolute atomic E-state index is 0.0264. The highest BCUT2D eigenvalue weighted by atomic mass is 32.1. The van der Waals surface area contributed by atoms with Gasteiger partial charge in [0.05, 0.1) is 19.3 Å². The van der Waals surface area contributed by atoms with E-state index in [2.05, 4.69) is 17.5 Å². The van der Waals surface area contributed by atoms with Crippen molar-refractivity contribution in [1.82, 2.24) is 0 Å². The van der Waals surface area contributed by atoms with Gasteiger partial charge in [0.1, 0.15) is 0 Å². The minimum Gasteiger partial charge on any atom is -0.394 e. The van der Waals surface area contributed by atoms with Crippen LogP contribution in [-0.4, -0.2) is 24.9 Å². The van der Waals surface area contributed by atoms with Crippen LogP contribution < -0.4 is 5.73 Å². The van der Waals surface area contributed by atoms with Crippen molar-refractivity contribution in [2.24, 2.45) is 5.73 Å². The van der Waals surface area contributed by atoms with Crippen LogP contribution in [0.5, 0.6) is 0 Å². The number of rotatable bonds is 5. The molecule has 0 radical (unpaired) electrons. The molecule has 3 N–H and O–H groups in total. The van der Waals surface area contributed by atoms with Gasteiger partial charge in [0.25, 0.3) is 0 Å². The maximum absolute atomic E-state index is 8.76. The van der Waals surface area contributed by atoms with Crippen molar-refractivity contribution in [3.8, 4) is 0 Å². The molecule has 1 atom stereocenters. The standard InChI is InChI=1S/C12H15NO2S/c13-7-11(15-6-5-14)10-8-16-12-4-2-1-3-9(10)12/h1-4,8,11,14H,5-7,13H2. The van der Waals surface area contributed by atoms with Crippen LogP contribution in [0.1, 0.15) is 11.7 Å². The normalized spacial score (nSPS) is 13.1. The van der Waals surface area contributed by atoms with Crippen LogP contribution in [0.4, 0.5) is 0 Å². The van der Waals surface area contributed by atoms with Crippen molar-refractivity contribution in [3.63, 3.8) is 0 Å². The van der Waals surface area contributed by atoms with Crippen LogP contribution in [0, 0.1) is 0 Å². The smallest absolute Gasteiger partial charge is 0.0962 e. The van der Waals surface area contributed by atoms with Crippen molar-refractivity contribution >= 4 is 21.4 Å². The summed E-state index contributed by atoms with van der Waals surface area (Å²) in [5, 5.41) is 12.0. The number of aliphatic hydroxyl groups is 1. The average Bonchev–Trinajstić information content (AvgIpc) is 2.75. The van der Waals surface area contributed by atoms with Gasteiger partial charge in [-0.3, -0.25) is 0 Å². The largest absolute Gasteiger partial charge is 0.394 e. The summed E-state index contributed by atoms with van der Waals surface area (Å²) in [5.41, 5.74) is 6.82. The molecule has 1 unspecified atom stereocenters. The van der Waals surface area contributed by atoms with Crippen molar-refractivity contribution in [1.29, 1.82) is 0 Å². The molecule has 0 saturated carbocycles. The predicted octanol–water partition coefficient (Wildman–Crippen LogP) is 1.91. The van der Waals surface area contributed by atoms with Gasteiger partial charge in [-0.05, 0) is 16.8 Å². The Morgan fingerprint density at radius 3 is 2.94 bits per heavy atom. The first kappa shape index (κ1) is 11.5. The van der Waals surface area contributed by atoms with Gasteiger partial charge in [0, 0.05) is 16.8 Å². The Hall–Kier alpha value is -0.940. The first-order valence-corrected chi connectivity index (χ1v) is 6.13. The van der Waals surface area contributed by atoms with Crippen molar-refractivity contribution in [3.05, 3.63) is 35.2 Å². The van der Waals surface area contributed by atoms with Gasteiger partial charge >= 0.3 is 0 Å². The summed E-state index contributed by atoms with van der Waals surface area (Å²) in [6.45, 7) is 0.783. The van der Waals surface area contributed by atoms with E-state index in [1.807, 2.05) is 12.1 Å².